The quantitative estimate of drug-likeness (QED) is 0.546. The second kappa shape index (κ2) is 1.84. The molecule has 1 nitrogen and oxygen atoms in total. The largest absolute Gasteiger partial charge is 0.299 e. The maximum absolute atomic E-state index is 11.2. The van der Waals surface area contributed by atoms with Crippen molar-refractivity contribution in [1.29, 1.82) is 0 Å². The van der Waals surface area contributed by atoms with Gasteiger partial charge in [0.15, 0.2) is 0 Å². The van der Waals surface area contributed by atoms with Crippen molar-refractivity contribution in [3.05, 3.63) is 0 Å². The summed E-state index contributed by atoms with van der Waals surface area (Å²) in [6.07, 6.45) is 1.76. The number of rotatable bonds is 1. The molecule has 1 fully saturated rings. The predicted molar refractivity (Wildman–Crippen MR) is 41.8 cm³/mol. The van der Waals surface area contributed by atoms with Crippen molar-refractivity contribution in [1.82, 2.24) is 0 Å². The van der Waals surface area contributed by atoms with Gasteiger partial charge < -0.3 is 0 Å². The summed E-state index contributed by atoms with van der Waals surface area (Å²) < 4.78 is 0. The highest BCUT2D eigenvalue weighted by atomic mass is 16.1. The minimum absolute atomic E-state index is 0.0208. The van der Waals surface area contributed by atoms with Crippen molar-refractivity contribution in [2.75, 3.05) is 0 Å². The highest BCUT2D eigenvalue weighted by Crippen LogP contribution is 2.55. The van der Waals surface area contributed by atoms with Crippen molar-refractivity contribution >= 4 is 5.78 Å². The summed E-state index contributed by atoms with van der Waals surface area (Å²) in [6, 6.07) is 0. The molecule has 0 N–H and O–H groups in total. The number of carbonyl (C=O) groups excluding carboxylic acids is 1. The van der Waals surface area contributed by atoms with Crippen LogP contribution >= 0.6 is 0 Å². The third-order valence-corrected chi connectivity index (χ3v) is 3.42. The molecule has 1 aliphatic carbocycles. The van der Waals surface area contributed by atoms with E-state index >= 15 is 0 Å². The minimum atomic E-state index is -0.0208. The Hall–Kier alpha value is -0.330. The lowest BCUT2D eigenvalue weighted by Gasteiger charge is -2.52. The average Bonchev–Trinajstić information content (AvgIpc) is 1.85. The van der Waals surface area contributed by atoms with E-state index in [1.807, 2.05) is 0 Å². The predicted octanol–water partition coefficient (Wildman–Crippen LogP) is 2.40. The lowest BCUT2D eigenvalue weighted by Crippen LogP contribution is -2.53. The van der Waals surface area contributed by atoms with Crippen LogP contribution in [0.3, 0.4) is 0 Å². The van der Waals surface area contributed by atoms with Gasteiger partial charge in [-0.25, -0.2) is 0 Å². The second-order valence-electron chi connectivity index (χ2n) is 4.17. The summed E-state index contributed by atoms with van der Waals surface area (Å²) in [5.41, 5.74) is 0.228. The zero-order chi connectivity index (χ0) is 7.99. The molecule has 1 rings (SSSR count). The molecular weight excluding hydrogens is 124 g/mol. The molecular formula is C9H16O. The summed E-state index contributed by atoms with van der Waals surface area (Å²) in [7, 11) is 0. The van der Waals surface area contributed by atoms with Crippen LogP contribution in [0.2, 0.25) is 0 Å². The molecule has 10 heavy (non-hydrogen) atoms. The lowest BCUT2D eigenvalue weighted by atomic mass is 9.50. The molecule has 0 aromatic carbocycles. The first-order valence-corrected chi connectivity index (χ1v) is 3.97. The highest BCUT2D eigenvalue weighted by molar-refractivity contribution is 5.92. The van der Waals surface area contributed by atoms with Crippen molar-refractivity contribution in [2.24, 2.45) is 10.8 Å². The van der Waals surface area contributed by atoms with Gasteiger partial charge in [0.25, 0.3) is 0 Å². The molecule has 0 aromatic rings. The summed E-state index contributed by atoms with van der Waals surface area (Å²) in [6.45, 7) is 8.54. The molecule has 1 aliphatic rings. The molecule has 0 aromatic heterocycles. The van der Waals surface area contributed by atoms with E-state index in [4.69, 9.17) is 0 Å². The van der Waals surface area contributed by atoms with Gasteiger partial charge in [0.05, 0.1) is 0 Å². The molecule has 1 unspecified atom stereocenters. The first-order chi connectivity index (χ1) is 4.44. The van der Waals surface area contributed by atoms with Crippen LogP contribution < -0.4 is 0 Å². The number of carbonyl (C=O) groups is 1. The molecule has 0 spiro atoms. The third-order valence-electron chi connectivity index (χ3n) is 3.42. The number of hydrogen-bond donors (Lipinski definition) is 0. The molecule has 0 saturated heterocycles. The van der Waals surface area contributed by atoms with Crippen molar-refractivity contribution in [3.63, 3.8) is 0 Å². The SMILES string of the molecule is CCC1(C)C(=O)CC1(C)C. The highest BCUT2D eigenvalue weighted by Gasteiger charge is 2.55. The summed E-state index contributed by atoms with van der Waals surface area (Å²) >= 11 is 0. The fourth-order valence-electron chi connectivity index (χ4n) is 1.74. The van der Waals surface area contributed by atoms with Gasteiger partial charge >= 0.3 is 0 Å². The van der Waals surface area contributed by atoms with Gasteiger partial charge in [-0.1, -0.05) is 27.7 Å². The van der Waals surface area contributed by atoms with Crippen LogP contribution in [0.4, 0.5) is 0 Å². The normalized spacial score (nSPS) is 37.4. The van der Waals surface area contributed by atoms with Crippen LogP contribution in [0.25, 0.3) is 0 Å². The van der Waals surface area contributed by atoms with E-state index in [2.05, 4.69) is 27.7 Å². The molecule has 0 aliphatic heterocycles. The Morgan fingerprint density at radius 1 is 1.40 bits per heavy atom. The summed E-state index contributed by atoms with van der Waals surface area (Å²) in [5.74, 6) is 0.444. The van der Waals surface area contributed by atoms with Crippen LogP contribution in [0.5, 0.6) is 0 Å². The maximum Gasteiger partial charge on any atom is 0.139 e. The number of ketones is 1. The van der Waals surface area contributed by atoms with Gasteiger partial charge in [0, 0.05) is 11.8 Å². The van der Waals surface area contributed by atoms with Gasteiger partial charge in [0.2, 0.25) is 0 Å². The van der Waals surface area contributed by atoms with E-state index in [9.17, 15) is 4.79 Å². The zero-order valence-electron chi connectivity index (χ0n) is 7.32. The van der Waals surface area contributed by atoms with E-state index in [0.717, 1.165) is 12.8 Å². The molecule has 58 valence electrons. The molecule has 0 amide bonds. The Kier molecular flexibility index (Phi) is 1.43. The van der Waals surface area contributed by atoms with Gasteiger partial charge in [-0.15, -0.1) is 0 Å². The molecule has 0 bridgehead atoms. The second-order valence-corrected chi connectivity index (χ2v) is 4.17. The monoisotopic (exact) mass is 140 g/mol. The van der Waals surface area contributed by atoms with E-state index in [1.54, 1.807) is 0 Å². The molecule has 0 radical (unpaired) electrons. The topological polar surface area (TPSA) is 17.1 Å². The van der Waals surface area contributed by atoms with Gasteiger partial charge in [0.1, 0.15) is 5.78 Å². The fourth-order valence-corrected chi connectivity index (χ4v) is 1.74. The van der Waals surface area contributed by atoms with Crippen molar-refractivity contribution in [3.8, 4) is 0 Å². The molecule has 1 saturated carbocycles. The smallest absolute Gasteiger partial charge is 0.139 e. The zero-order valence-corrected chi connectivity index (χ0v) is 7.32. The Morgan fingerprint density at radius 3 is 2.00 bits per heavy atom. The number of Topliss-reactive ketones (excluding diaryl/α,β-unsaturated/α-hetero) is 1. The third kappa shape index (κ3) is 0.664. The van der Waals surface area contributed by atoms with E-state index < -0.39 is 0 Å². The first-order valence-electron chi connectivity index (χ1n) is 3.97. The Morgan fingerprint density at radius 2 is 1.90 bits per heavy atom. The van der Waals surface area contributed by atoms with Gasteiger partial charge in [-0.2, -0.15) is 0 Å². The van der Waals surface area contributed by atoms with Crippen LogP contribution in [-0.4, -0.2) is 5.78 Å². The number of hydrogen-bond acceptors (Lipinski definition) is 1. The molecule has 0 heterocycles. The summed E-state index contributed by atoms with van der Waals surface area (Å²) in [4.78, 5) is 11.2. The van der Waals surface area contributed by atoms with Crippen LogP contribution in [0.1, 0.15) is 40.5 Å². The fraction of sp³-hybridized carbons (Fsp3) is 0.889. The Bertz CT molecular complexity index is 170. The van der Waals surface area contributed by atoms with Crippen molar-refractivity contribution < 1.29 is 4.79 Å². The van der Waals surface area contributed by atoms with Gasteiger partial charge in [-0.05, 0) is 11.8 Å². The van der Waals surface area contributed by atoms with E-state index in [0.29, 0.717) is 5.78 Å². The lowest BCUT2D eigenvalue weighted by molar-refractivity contribution is -0.154. The average molecular weight is 140 g/mol. The standard InChI is InChI=1S/C9H16O/c1-5-9(4)7(10)6-8(9,2)3/h5-6H2,1-4H3. The van der Waals surface area contributed by atoms with E-state index in [-0.39, 0.29) is 10.8 Å². The van der Waals surface area contributed by atoms with Crippen LogP contribution in [0.15, 0.2) is 0 Å². The van der Waals surface area contributed by atoms with Crippen LogP contribution in [-0.2, 0) is 4.79 Å². The maximum atomic E-state index is 11.2. The summed E-state index contributed by atoms with van der Waals surface area (Å²) in [5, 5.41) is 0. The molecule has 1 heteroatoms. The Balaban J connectivity index is 2.83. The van der Waals surface area contributed by atoms with Crippen molar-refractivity contribution in [2.45, 2.75) is 40.5 Å². The van der Waals surface area contributed by atoms with E-state index in [1.165, 1.54) is 0 Å². The van der Waals surface area contributed by atoms with Gasteiger partial charge in [-0.3, -0.25) is 4.79 Å². The minimum Gasteiger partial charge on any atom is -0.299 e. The Labute approximate surface area is 62.8 Å². The molecule has 1 atom stereocenters. The first kappa shape index (κ1) is 7.77. The van der Waals surface area contributed by atoms with Crippen LogP contribution in [0, 0.1) is 10.8 Å².